The van der Waals surface area contributed by atoms with E-state index in [9.17, 15) is 18.0 Å². The van der Waals surface area contributed by atoms with Gasteiger partial charge in [-0.3, -0.25) is 9.59 Å². The molecule has 3 rings (SSSR count). The summed E-state index contributed by atoms with van der Waals surface area (Å²) < 4.78 is 37.3. The van der Waals surface area contributed by atoms with Crippen molar-refractivity contribution in [2.75, 3.05) is 38.2 Å². The standard InChI is InChI=1S/C22H26N2O6S/c1-17-7-9-19(31(27,28)24-11-13-29-14-12-24)15-20(17)23-21(25)16-30-22(26)10-8-18-5-3-2-4-6-18/h2-7,9,15H,8,10-14,16H2,1H3,(H,23,25). The number of carbonyl (C=O) groups excluding carboxylic acids is 2. The number of benzene rings is 2. The molecule has 0 radical (unpaired) electrons. The van der Waals surface area contributed by atoms with Crippen molar-refractivity contribution in [1.82, 2.24) is 4.31 Å². The molecule has 1 aliphatic heterocycles. The number of nitrogens with one attached hydrogen (secondary N) is 1. The van der Waals surface area contributed by atoms with Crippen molar-refractivity contribution >= 4 is 27.6 Å². The lowest BCUT2D eigenvalue weighted by Gasteiger charge is -2.26. The summed E-state index contributed by atoms with van der Waals surface area (Å²) >= 11 is 0. The summed E-state index contributed by atoms with van der Waals surface area (Å²) in [6.07, 6.45) is 0.700. The van der Waals surface area contributed by atoms with Gasteiger partial charge in [0.15, 0.2) is 6.61 Å². The molecule has 2 aromatic rings. The lowest BCUT2D eigenvalue weighted by molar-refractivity contribution is -0.147. The fourth-order valence-corrected chi connectivity index (χ4v) is 4.56. The van der Waals surface area contributed by atoms with Crippen molar-refractivity contribution < 1.29 is 27.5 Å². The van der Waals surface area contributed by atoms with Crippen molar-refractivity contribution in [3.63, 3.8) is 0 Å². The second-order valence-electron chi connectivity index (χ2n) is 7.19. The molecule has 0 aliphatic carbocycles. The van der Waals surface area contributed by atoms with E-state index in [0.717, 1.165) is 5.56 Å². The van der Waals surface area contributed by atoms with Gasteiger partial charge in [0.1, 0.15) is 0 Å². The van der Waals surface area contributed by atoms with Crippen molar-refractivity contribution in [2.24, 2.45) is 0 Å². The molecule has 0 bridgehead atoms. The number of sulfonamides is 1. The van der Waals surface area contributed by atoms with Crippen LogP contribution in [-0.2, 0) is 35.5 Å². The number of anilines is 1. The predicted molar refractivity (Wildman–Crippen MR) is 115 cm³/mol. The molecule has 1 amide bonds. The number of ether oxygens (including phenoxy) is 2. The Bertz CT molecular complexity index is 1020. The molecule has 1 fully saturated rings. The second kappa shape index (κ2) is 10.5. The molecule has 0 unspecified atom stereocenters. The molecule has 1 N–H and O–H groups in total. The van der Waals surface area contributed by atoms with E-state index >= 15 is 0 Å². The fraction of sp³-hybridized carbons (Fsp3) is 0.364. The molecular weight excluding hydrogens is 420 g/mol. The summed E-state index contributed by atoms with van der Waals surface area (Å²) in [6.45, 7) is 2.60. The van der Waals surface area contributed by atoms with Gasteiger partial charge in [-0.2, -0.15) is 4.31 Å². The Morgan fingerprint density at radius 1 is 1.10 bits per heavy atom. The topological polar surface area (TPSA) is 102 Å². The first-order valence-electron chi connectivity index (χ1n) is 10.0. The van der Waals surface area contributed by atoms with Crippen LogP contribution in [0.4, 0.5) is 5.69 Å². The first-order valence-corrected chi connectivity index (χ1v) is 11.5. The van der Waals surface area contributed by atoms with Gasteiger partial charge in [-0.15, -0.1) is 0 Å². The Balaban J connectivity index is 1.55. The first-order chi connectivity index (χ1) is 14.9. The van der Waals surface area contributed by atoms with Crippen LogP contribution in [0.15, 0.2) is 53.4 Å². The Kier molecular flexibility index (Phi) is 7.78. The van der Waals surface area contributed by atoms with Crippen LogP contribution in [0, 0.1) is 6.92 Å². The minimum atomic E-state index is -3.68. The van der Waals surface area contributed by atoms with E-state index in [-0.39, 0.29) is 24.4 Å². The Labute approximate surface area is 182 Å². The number of morpholine rings is 1. The van der Waals surface area contributed by atoms with E-state index in [0.29, 0.717) is 30.9 Å². The van der Waals surface area contributed by atoms with E-state index in [1.54, 1.807) is 13.0 Å². The van der Waals surface area contributed by atoms with Gasteiger partial charge < -0.3 is 14.8 Å². The minimum absolute atomic E-state index is 0.0927. The average molecular weight is 447 g/mol. The molecule has 0 spiro atoms. The van der Waals surface area contributed by atoms with Crippen molar-refractivity contribution in [1.29, 1.82) is 0 Å². The van der Waals surface area contributed by atoms with Crippen LogP contribution in [0.1, 0.15) is 17.5 Å². The minimum Gasteiger partial charge on any atom is -0.456 e. The van der Waals surface area contributed by atoms with Crippen molar-refractivity contribution in [3.05, 3.63) is 59.7 Å². The van der Waals surface area contributed by atoms with Gasteiger partial charge in [-0.25, -0.2) is 8.42 Å². The average Bonchev–Trinajstić information content (AvgIpc) is 2.79. The van der Waals surface area contributed by atoms with E-state index in [4.69, 9.17) is 9.47 Å². The molecular formula is C22H26N2O6S. The summed E-state index contributed by atoms with van der Waals surface area (Å²) in [5.74, 6) is -1.00. The lowest BCUT2D eigenvalue weighted by atomic mass is 10.1. The molecule has 166 valence electrons. The van der Waals surface area contributed by atoms with Gasteiger partial charge >= 0.3 is 5.97 Å². The molecule has 0 aromatic heterocycles. The Morgan fingerprint density at radius 2 is 1.81 bits per heavy atom. The van der Waals surface area contributed by atoms with E-state index in [1.807, 2.05) is 30.3 Å². The summed E-state index contributed by atoms with van der Waals surface area (Å²) in [4.78, 5) is 24.2. The number of esters is 1. The largest absolute Gasteiger partial charge is 0.456 e. The zero-order valence-electron chi connectivity index (χ0n) is 17.4. The van der Waals surface area contributed by atoms with Gasteiger partial charge in [0.25, 0.3) is 5.91 Å². The number of rotatable bonds is 8. The maximum atomic E-state index is 12.8. The van der Waals surface area contributed by atoms with Crippen LogP contribution >= 0.6 is 0 Å². The number of hydrogen-bond donors (Lipinski definition) is 1. The summed E-state index contributed by atoms with van der Waals surface area (Å²) in [6, 6.07) is 14.1. The highest BCUT2D eigenvalue weighted by molar-refractivity contribution is 7.89. The molecule has 1 aliphatic rings. The van der Waals surface area contributed by atoms with E-state index < -0.39 is 28.5 Å². The first kappa shape index (κ1) is 22.9. The lowest BCUT2D eigenvalue weighted by Crippen LogP contribution is -2.40. The molecule has 31 heavy (non-hydrogen) atoms. The molecule has 1 heterocycles. The zero-order chi connectivity index (χ0) is 22.3. The smallest absolute Gasteiger partial charge is 0.306 e. The number of carbonyl (C=O) groups is 2. The van der Waals surface area contributed by atoms with Gasteiger partial charge in [0.05, 0.1) is 18.1 Å². The van der Waals surface area contributed by atoms with Crippen molar-refractivity contribution in [2.45, 2.75) is 24.7 Å². The van der Waals surface area contributed by atoms with Crippen LogP contribution in [0.5, 0.6) is 0 Å². The molecule has 8 nitrogen and oxygen atoms in total. The zero-order valence-corrected chi connectivity index (χ0v) is 18.2. The molecule has 9 heteroatoms. The molecule has 2 aromatic carbocycles. The van der Waals surface area contributed by atoms with Gasteiger partial charge in [0, 0.05) is 25.2 Å². The van der Waals surface area contributed by atoms with Gasteiger partial charge in [0.2, 0.25) is 10.0 Å². The molecule has 0 saturated carbocycles. The monoisotopic (exact) mass is 446 g/mol. The van der Waals surface area contributed by atoms with Crippen LogP contribution in [0.3, 0.4) is 0 Å². The third kappa shape index (κ3) is 6.36. The maximum Gasteiger partial charge on any atom is 0.306 e. The highest BCUT2D eigenvalue weighted by atomic mass is 32.2. The highest BCUT2D eigenvalue weighted by Gasteiger charge is 2.27. The maximum absolute atomic E-state index is 12.8. The number of hydrogen-bond acceptors (Lipinski definition) is 6. The van der Waals surface area contributed by atoms with Crippen LogP contribution in [0.25, 0.3) is 0 Å². The Hall–Kier alpha value is -2.75. The Morgan fingerprint density at radius 3 is 2.52 bits per heavy atom. The molecule has 0 atom stereocenters. The van der Waals surface area contributed by atoms with E-state index in [2.05, 4.69) is 5.32 Å². The third-order valence-electron chi connectivity index (χ3n) is 4.92. The summed E-state index contributed by atoms with van der Waals surface area (Å²) in [5, 5.41) is 2.63. The third-order valence-corrected chi connectivity index (χ3v) is 6.81. The second-order valence-corrected chi connectivity index (χ2v) is 9.13. The summed E-state index contributed by atoms with van der Waals surface area (Å²) in [7, 11) is -3.68. The quantitative estimate of drug-likeness (QED) is 0.624. The fourth-order valence-electron chi connectivity index (χ4n) is 3.13. The number of nitrogens with zero attached hydrogens (tertiary/aromatic N) is 1. The van der Waals surface area contributed by atoms with E-state index in [1.165, 1.54) is 16.4 Å². The summed E-state index contributed by atoms with van der Waals surface area (Å²) in [5.41, 5.74) is 2.07. The van der Waals surface area contributed by atoms with Crippen LogP contribution in [0.2, 0.25) is 0 Å². The molecule has 1 saturated heterocycles. The van der Waals surface area contributed by atoms with Crippen molar-refractivity contribution in [3.8, 4) is 0 Å². The predicted octanol–water partition coefficient (Wildman–Crippen LogP) is 2.13. The van der Waals surface area contributed by atoms with Crippen LogP contribution < -0.4 is 5.32 Å². The SMILES string of the molecule is Cc1ccc(S(=O)(=O)N2CCOCC2)cc1NC(=O)COC(=O)CCc1ccccc1. The van der Waals surface area contributed by atoms with Crippen LogP contribution in [-0.4, -0.2) is 57.5 Å². The van der Waals surface area contributed by atoms with Gasteiger partial charge in [-0.05, 0) is 36.6 Å². The number of amides is 1. The number of aryl methyl sites for hydroxylation is 2. The highest BCUT2D eigenvalue weighted by Crippen LogP contribution is 2.23. The van der Waals surface area contributed by atoms with Gasteiger partial charge in [-0.1, -0.05) is 36.4 Å². The normalized spacial score (nSPS) is 14.7.